The molecule has 0 aliphatic heterocycles. The van der Waals surface area contributed by atoms with Crippen LogP contribution in [0.25, 0.3) is 0 Å². The fourth-order valence-electron chi connectivity index (χ4n) is 0.834. The van der Waals surface area contributed by atoms with Crippen molar-refractivity contribution in [3.63, 3.8) is 0 Å². The Morgan fingerprint density at radius 2 is 1.64 bits per heavy atom. The minimum absolute atomic E-state index is 0.486. The molecule has 14 heavy (non-hydrogen) atoms. The van der Waals surface area contributed by atoms with Crippen LogP contribution in [0.15, 0.2) is 0 Å². The van der Waals surface area contributed by atoms with E-state index in [0.717, 1.165) is 0 Å². The molecule has 0 bridgehead atoms. The van der Waals surface area contributed by atoms with Crippen molar-refractivity contribution in [3.8, 4) is 0 Å². The van der Waals surface area contributed by atoms with E-state index in [4.69, 9.17) is 31.3 Å². The number of nitrogens with two attached hydrogens (primary N) is 1. The summed E-state index contributed by atoms with van der Waals surface area (Å²) in [6, 6.07) is 0. The van der Waals surface area contributed by atoms with Gasteiger partial charge >= 0.3 is 0 Å². The van der Waals surface area contributed by atoms with Crippen LogP contribution in [0.4, 0.5) is 0 Å². The van der Waals surface area contributed by atoms with Gasteiger partial charge in [0.15, 0.2) is 5.78 Å². The second-order valence-electron chi connectivity index (χ2n) is 2.85. The number of Topliss-reactive ketones (excluding diaryl/α,β-unsaturated/α-hetero) is 1. The van der Waals surface area contributed by atoms with Crippen LogP contribution >= 0.6 is 0 Å². The summed E-state index contributed by atoms with van der Waals surface area (Å²) in [5.74, 6) is -0.860. The lowest BCUT2D eigenvalue weighted by atomic mass is 10.0. The number of hydrogen-bond acceptors (Lipinski definition) is 7. The lowest BCUT2D eigenvalue weighted by molar-refractivity contribution is -0.145. The van der Waals surface area contributed by atoms with E-state index in [1.165, 1.54) is 0 Å². The summed E-state index contributed by atoms with van der Waals surface area (Å²) >= 11 is 0. The van der Waals surface area contributed by atoms with E-state index in [2.05, 4.69) is 0 Å². The molecule has 4 unspecified atom stereocenters. The van der Waals surface area contributed by atoms with Crippen molar-refractivity contribution >= 4 is 5.78 Å². The third kappa shape index (κ3) is 3.29. The normalized spacial score (nSPS) is 19.9. The number of carbonyl (C=O) groups excluding carboxylic acids is 1. The highest BCUT2D eigenvalue weighted by Crippen LogP contribution is 2.05. The van der Waals surface area contributed by atoms with Gasteiger partial charge in [-0.05, 0) is 0 Å². The molecule has 0 aromatic heterocycles. The fourth-order valence-corrected chi connectivity index (χ4v) is 0.834. The van der Waals surface area contributed by atoms with Gasteiger partial charge in [-0.25, -0.2) is 0 Å². The van der Waals surface area contributed by atoms with Crippen molar-refractivity contribution < 1.29 is 30.3 Å². The fraction of sp³-hybridized carbons (Fsp3) is 0.857. The second-order valence-corrected chi connectivity index (χ2v) is 2.85. The maximum atomic E-state index is 10.8. The summed E-state index contributed by atoms with van der Waals surface area (Å²) in [6.07, 6.45) is -7.15. The highest BCUT2D eigenvalue weighted by Gasteiger charge is 2.33. The molecule has 0 saturated carbocycles. The molecule has 0 aliphatic rings. The van der Waals surface area contributed by atoms with Gasteiger partial charge in [-0.3, -0.25) is 4.79 Å². The van der Waals surface area contributed by atoms with Gasteiger partial charge in [0.05, 0.1) is 13.2 Å². The van der Waals surface area contributed by atoms with Crippen LogP contribution in [0.5, 0.6) is 0 Å². The molecule has 0 saturated heterocycles. The Morgan fingerprint density at radius 3 is 2.00 bits per heavy atom. The average Bonchev–Trinajstić information content (AvgIpc) is 2.23. The maximum Gasteiger partial charge on any atom is 0.177 e. The monoisotopic (exact) mass is 209 g/mol. The Labute approximate surface area is 80.4 Å². The number of ketones is 1. The van der Waals surface area contributed by atoms with Crippen LogP contribution < -0.4 is 5.73 Å². The van der Waals surface area contributed by atoms with Gasteiger partial charge in [-0.2, -0.15) is 0 Å². The summed E-state index contributed by atoms with van der Waals surface area (Å²) in [7, 11) is 0. The molecule has 0 radical (unpaired) electrons. The predicted octanol–water partition coefficient (Wildman–Crippen LogP) is -4.05. The van der Waals surface area contributed by atoms with Gasteiger partial charge in [-0.1, -0.05) is 0 Å². The molecule has 7 heteroatoms. The Kier molecular flexibility index (Phi) is 5.77. The molecule has 84 valence electrons. The minimum atomic E-state index is -1.87. The molecule has 0 aliphatic carbocycles. The standard InChI is InChI=1S/C7H15NO6/c8-1-3(10)5(12)7(14)6(13)4(11)2-9/h4-7,9,11-14H,1-2,8H2. The zero-order valence-corrected chi connectivity index (χ0v) is 7.45. The Morgan fingerprint density at radius 1 is 1.14 bits per heavy atom. The lowest BCUT2D eigenvalue weighted by Gasteiger charge is -2.24. The summed E-state index contributed by atoms with van der Waals surface area (Å²) in [5.41, 5.74) is 4.91. The van der Waals surface area contributed by atoms with Crippen molar-refractivity contribution in [3.05, 3.63) is 0 Å². The average molecular weight is 209 g/mol. The van der Waals surface area contributed by atoms with Crippen LogP contribution in [0.2, 0.25) is 0 Å². The van der Waals surface area contributed by atoms with Crippen LogP contribution in [0.3, 0.4) is 0 Å². The molecule has 7 nitrogen and oxygen atoms in total. The minimum Gasteiger partial charge on any atom is -0.394 e. The first kappa shape index (κ1) is 13.4. The Hall–Kier alpha value is -0.570. The zero-order chi connectivity index (χ0) is 11.3. The van der Waals surface area contributed by atoms with Crippen molar-refractivity contribution in [2.45, 2.75) is 24.4 Å². The first-order valence-electron chi connectivity index (χ1n) is 4.01. The van der Waals surface area contributed by atoms with Gasteiger partial charge < -0.3 is 31.3 Å². The van der Waals surface area contributed by atoms with E-state index in [1.54, 1.807) is 0 Å². The molecule has 0 aromatic rings. The van der Waals surface area contributed by atoms with Crippen molar-refractivity contribution in [2.75, 3.05) is 13.2 Å². The van der Waals surface area contributed by atoms with Crippen LogP contribution in [0.1, 0.15) is 0 Å². The molecule has 0 heterocycles. The molecule has 0 rings (SSSR count). The van der Waals surface area contributed by atoms with Gasteiger partial charge in [-0.15, -0.1) is 0 Å². The summed E-state index contributed by atoms with van der Waals surface area (Å²) < 4.78 is 0. The Balaban J connectivity index is 4.30. The summed E-state index contributed by atoms with van der Waals surface area (Å²) in [4.78, 5) is 10.8. The van der Waals surface area contributed by atoms with E-state index in [1.807, 2.05) is 0 Å². The smallest absolute Gasteiger partial charge is 0.177 e. The highest BCUT2D eigenvalue weighted by molar-refractivity contribution is 5.85. The number of carbonyl (C=O) groups is 1. The molecular formula is C7H15NO6. The molecule has 7 N–H and O–H groups in total. The molecule has 4 atom stereocenters. The van der Waals surface area contributed by atoms with Gasteiger partial charge in [0.2, 0.25) is 0 Å². The number of rotatable bonds is 6. The van der Waals surface area contributed by atoms with E-state index < -0.39 is 43.4 Å². The molecule has 0 spiro atoms. The number of aliphatic hydroxyl groups excluding tert-OH is 5. The summed E-state index contributed by atoms with van der Waals surface area (Å²) in [6.45, 7) is -1.28. The first-order chi connectivity index (χ1) is 6.45. The topological polar surface area (TPSA) is 144 Å². The quantitative estimate of drug-likeness (QED) is 0.261. The molecule has 0 amide bonds. The zero-order valence-electron chi connectivity index (χ0n) is 7.45. The van der Waals surface area contributed by atoms with Gasteiger partial charge in [0, 0.05) is 0 Å². The predicted molar refractivity (Wildman–Crippen MR) is 45.2 cm³/mol. The maximum absolute atomic E-state index is 10.8. The number of hydrogen-bond donors (Lipinski definition) is 6. The Bertz CT molecular complexity index is 187. The SMILES string of the molecule is NCC(=O)C(O)C(O)C(O)C(O)CO. The highest BCUT2D eigenvalue weighted by atomic mass is 16.4. The number of aliphatic hydroxyl groups is 5. The van der Waals surface area contributed by atoms with E-state index in [9.17, 15) is 4.79 Å². The van der Waals surface area contributed by atoms with Crippen molar-refractivity contribution in [1.29, 1.82) is 0 Å². The van der Waals surface area contributed by atoms with E-state index in [-0.39, 0.29) is 0 Å². The molecular weight excluding hydrogens is 194 g/mol. The van der Waals surface area contributed by atoms with Crippen molar-refractivity contribution in [2.24, 2.45) is 5.73 Å². The van der Waals surface area contributed by atoms with Crippen LogP contribution in [-0.2, 0) is 4.79 Å². The van der Waals surface area contributed by atoms with Crippen molar-refractivity contribution in [1.82, 2.24) is 0 Å². The third-order valence-corrected chi connectivity index (χ3v) is 1.79. The van der Waals surface area contributed by atoms with Gasteiger partial charge in [0.1, 0.15) is 24.4 Å². The first-order valence-corrected chi connectivity index (χ1v) is 4.01. The lowest BCUT2D eigenvalue weighted by Crippen LogP contribution is -2.49. The summed E-state index contributed by atoms with van der Waals surface area (Å²) in [5, 5.41) is 44.6. The van der Waals surface area contributed by atoms with E-state index >= 15 is 0 Å². The third-order valence-electron chi connectivity index (χ3n) is 1.79. The van der Waals surface area contributed by atoms with E-state index in [0.29, 0.717) is 0 Å². The molecule has 0 fully saturated rings. The largest absolute Gasteiger partial charge is 0.394 e. The van der Waals surface area contributed by atoms with Gasteiger partial charge in [0.25, 0.3) is 0 Å². The van der Waals surface area contributed by atoms with Crippen LogP contribution in [0, 0.1) is 0 Å². The molecule has 0 aromatic carbocycles. The van der Waals surface area contributed by atoms with Crippen LogP contribution in [-0.4, -0.2) is 68.9 Å². The second kappa shape index (κ2) is 6.02.